The molecule has 2 unspecified atom stereocenters. The normalized spacial score (nSPS) is 25.4. The van der Waals surface area contributed by atoms with Gasteiger partial charge in [-0.25, -0.2) is 8.78 Å². The third-order valence-electron chi connectivity index (χ3n) is 3.47. The number of nitrogens with zero attached hydrogens (tertiary/aromatic N) is 1. The second kappa shape index (κ2) is 5.10. The average molecular weight is 240 g/mol. The van der Waals surface area contributed by atoms with Crippen LogP contribution in [0.4, 0.5) is 8.78 Å². The van der Waals surface area contributed by atoms with Gasteiger partial charge >= 0.3 is 0 Å². The van der Waals surface area contributed by atoms with E-state index in [0.717, 1.165) is 18.5 Å². The number of likely N-dealkylation sites (N-methyl/N-ethyl adjacent to an activating group) is 1. The van der Waals surface area contributed by atoms with Crippen LogP contribution in [-0.2, 0) is 6.54 Å². The van der Waals surface area contributed by atoms with Gasteiger partial charge in [0, 0.05) is 25.2 Å². The zero-order valence-corrected chi connectivity index (χ0v) is 10.2. The van der Waals surface area contributed by atoms with Crippen molar-refractivity contribution in [3.8, 4) is 0 Å². The number of hydrogen-bond acceptors (Lipinski definition) is 2. The van der Waals surface area contributed by atoms with Gasteiger partial charge in [-0.3, -0.25) is 0 Å². The van der Waals surface area contributed by atoms with Gasteiger partial charge in [0.2, 0.25) is 0 Å². The molecule has 1 aliphatic rings. The molecule has 4 heteroatoms. The largest absolute Gasteiger partial charge is 0.309 e. The minimum absolute atomic E-state index is 0.433. The Kier molecular flexibility index (Phi) is 3.74. The van der Waals surface area contributed by atoms with Crippen LogP contribution in [0.25, 0.3) is 0 Å². The number of hydrogen-bond donors (Lipinski definition) is 1. The molecule has 2 nitrogen and oxygen atoms in total. The van der Waals surface area contributed by atoms with Crippen LogP contribution in [0, 0.1) is 11.6 Å². The van der Waals surface area contributed by atoms with Crippen molar-refractivity contribution in [3.63, 3.8) is 0 Å². The Morgan fingerprint density at radius 3 is 2.71 bits per heavy atom. The number of likely N-dealkylation sites (tertiary alicyclic amines) is 1. The highest BCUT2D eigenvalue weighted by molar-refractivity contribution is 5.17. The lowest BCUT2D eigenvalue weighted by atomic mass is 10.1. The maximum atomic E-state index is 13.0. The Labute approximate surface area is 101 Å². The van der Waals surface area contributed by atoms with E-state index in [1.54, 1.807) is 6.07 Å². The third kappa shape index (κ3) is 3.01. The van der Waals surface area contributed by atoms with Crippen molar-refractivity contribution < 1.29 is 8.78 Å². The molecule has 1 aromatic rings. The first kappa shape index (κ1) is 12.5. The molecule has 1 N–H and O–H groups in total. The molecule has 1 saturated heterocycles. The lowest BCUT2D eigenvalue weighted by Crippen LogP contribution is -2.31. The molecule has 0 saturated carbocycles. The highest BCUT2D eigenvalue weighted by Crippen LogP contribution is 2.15. The Hall–Kier alpha value is -1.00. The second-order valence-electron chi connectivity index (χ2n) is 4.85. The van der Waals surface area contributed by atoms with E-state index in [9.17, 15) is 8.78 Å². The van der Waals surface area contributed by atoms with Crippen LogP contribution >= 0.6 is 0 Å². The van der Waals surface area contributed by atoms with Crippen molar-refractivity contribution in [2.24, 2.45) is 0 Å². The van der Waals surface area contributed by atoms with Gasteiger partial charge in [-0.2, -0.15) is 0 Å². The monoisotopic (exact) mass is 240 g/mol. The van der Waals surface area contributed by atoms with E-state index in [-0.39, 0.29) is 0 Å². The molecule has 1 heterocycles. The summed E-state index contributed by atoms with van der Waals surface area (Å²) >= 11 is 0. The van der Waals surface area contributed by atoms with Crippen LogP contribution < -0.4 is 5.32 Å². The first-order chi connectivity index (χ1) is 8.06. The summed E-state index contributed by atoms with van der Waals surface area (Å²) in [6, 6.07) is 5.06. The van der Waals surface area contributed by atoms with Gasteiger partial charge in [0.25, 0.3) is 0 Å². The molecule has 2 rings (SSSR count). The molecule has 94 valence electrons. The maximum Gasteiger partial charge on any atom is 0.159 e. The average Bonchev–Trinajstić information content (AvgIpc) is 2.60. The van der Waals surface area contributed by atoms with E-state index in [4.69, 9.17) is 0 Å². The summed E-state index contributed by atoms with van der Waals surface area (Å²) in [6.07, 6.45) is 1.10. The Balaban J connectivity index is 1.88. The fraction of sp³-hybridized carbons (Fsp3) is 0.538. The first-order valence-electron chi connectivity index (χ1n) is 5.94. The molecule has 1 fully saturated rings. The molecule has 1 aliphatic heterocycles. The lowest BCUT2D eigenvalue weighted by molar-refractivity contribution is 0.326. The van der Waals surface area contributed by atoms with Crippen molar-refractivity contribution in [2.75, 3.05) is 13.6 Å². The van der Waals surface area contributed by atoms with Gasteiger partial charge in [0.15, 0.2) is 11.6 Å². The highest BCUT2D eigenvalue weighted by atomic mass is 19.2. The Bertz CT molecular complexity index is 385. The zero-order valence-electron chi connectivity index (χ0n) is 10.2. The fourth-order valence-electron chi connectivity index (χ4n) is 2.25. The molecule has 0 spiro atoms. The van der Waals surface area contributed by atoms with Gasteiger partial charge in [0.1, 0.15) is 0 Å². The SMILES string of the molecule is CC1CC(NCc2ccc(F)c(F)c2)CN1C. The minimum Gasteiger partial charge on any atom is -0.309 e. The number of nitrogens with one attached hydrogen (secondary N) is 1. The van der Waals surface area contributed by atoms with Crippen LogP contribution in [0.15, 0.2) is 18.2 Å². The van der Waals surface area contributed by atoms with Gasteiger partial charge in [0.05, 0.1) is 0 Å². The zero-order chi connectivity index (χ0) is 12.4. The Morgan fingerprint density at radius 2 is 2.12 bits per heavy atom. The van der Waals surface area contributed by atoms with Crippen LogP contribution in [0.3, 0.4) is 0 Å². The predicted octanol–water partition coefficient (Wildman–Crippen LogP) is 2.15. The van der Waals surface area contributed by atoms with Gasteiger partial charge < -0.3 is 10.2 Å². The molecule has 0 bridgehead atoms. The lowest BCUT2D eigenvalue weighted by Gasteiger charge is -2.13. The van der Waals surface area contributed by atoms with Crippen molar-refractivity contribution in [1.82, 2.24) is 10.2 Å². The van der Waals surface area contributed by atoms with E-state index in [0.29, 0.717) is 18.6 Å². The Morgan fingerprint density at radius 1 is 1.35 bits per heavy atom. The van der Waals surface area contributed by atoms with Crippen LogP contribution in [0.5, 0.6) is 0 Å². The van der Waals surface area contributed by atoms with Crippen molar-refractivity contribution in [2.45, 2.75) is 32.0 Å². The second-order valence-corrected chi connectivity index (χ2v) is 4.85. The molecule has 0 amide bonds. The quantitative estimate of drug-likeness (QED) is 0.871. The molecule has 0 aliphatic carbocycles. The summed E-state index contributed by atoms with van der Waals surface area (Å²) in [5.41, 5.74) is 0.783. The summed E-state index contributed by atoms with van der Waals surface area (Å²) in [5.74, 6) is -1.57. The molecule has 17 heavy (non-hydrogen) atoms. The third-order valence-corrected chi connectivity index (χ3v) is 3.47. The topological polar surface area (TPSA) is 15.3 Å². The summed E-state index contributed by atoms with van der Waals surface area (Å²) in [4.78, 5) is 2.29. The summed E-state index contributed by atoms with van der Waals surface area (Å²) in [6.45, 7) is 3.78. The predicted molar refractivity (Wildman–Crippen MR) is 63.7 cm³/mol. The standard InChI is InChI=1S/C13H18F2N2/c1-9-5-11(8-17(9)2)16-7-10-3-4-12(14)13(15)6-10/h3-4,6,9,11,16H,5,7-8H2,1-2H3. The number of rotatable bonds is 3. The highest BCUT2D eigenvalue weighted by Gasteiger charge is 2.25. The van der Waals surface area contributed by atoms with Crippen molar-refractivity contribution in [3.05, 3.63) is 35.4 Å². The molecule has 0 radical (unpaired) electrons. The van der Waals surface area contributed by atoms with Gasteiger partial charge in [-0.15, -0.1) is 0 Å². The minimum atomic E-state index is -0.789. The van der Waals surface area contributed by atoms with Crippen LogP contribution in [0.1, 0.15) is 18.9 Å². The first-order valence-corrected chi connectivity index (χ1v) is 5.94. The molecule has 1 aromatic carbocycles. The number of benzene rings is 1. The van der Waals surface area contributed by atoms with E-state index >= 15 is 0 Å². The van der Waals surface area contributed by atoms with Gasteiger partial charge in [-0.1, -0.05) is 6.07 Å². The summed E-state index contributed by atoms with van der Waals surface area (Å²) in [7, 11) is 2.10. The fourth-order valence-corrected chi connectivity index (χ4v) is 2.25. The molecule has 2 atom stereocenters. The summed E-state index contributed by atoms with van der Waals surface area (Å²) in [5, 5.41) is 3.37. The van der Waals surface area contributed by atoms with Crippen LogP contribution in [0.2, 0.25) is 0 Å². The van der Waals surface area contributed by atoms with E-state index in [2.05, 4.69) is 24.2 Å². The van der Waals surface area contributed by atoms with Crippen molar-refractivity contribution in [1.29, 1.82) is 0 Å². The van der Waals surface area contributed by atoms with E-state index < -0.39 is 11.6 Å². The molecular weight excluding hydrogens is 222 g/mol. The smallest absolute Gasteiger partial charge is 0.159 e. The number of halogens is 2. The van der Waals surface area contributed by atoms with E-state index in [1.807, 2.05) is 0 Å². The van der Waals surface area contributed by atoms with Gasteiger partial charge in [-0.05, 0) is 38.1 Å². The van der Waals surface area contributed by atoms with Crippen molar-refractivity contribution >= 4 is 0 Å². The maximum absolute atomic E-state index is 13.0. The molecule has 0 aromatic heterocycles. The molecular formula is C13H18F2N2. The summed E-state index contributed by atoms with van der Waals surface area (Å²) < 4.78 is 25.7. The van der Waals surface area contributed by atoms with Crippen LogP contribution in [-0.4, -0.2) is 30.6 Å². The van der Waals surface area contributed by atoms with E-state index in [1.165, 1.54) is 12.1 Å².